The molecule has 1 aromatic heterocycles. The van der Waals surface area contributed by atoms with Gasteiger partial charge in [0, 0.05) is 6.42 Å². The summed E-state index contributed by atoms with van der Waals surface area (Å²) >= 11 is 0. The van der Waals surface area contributed by atoms with Crippen LogP contribution in [0.25, 0.3) is 11.0 Å². The van der Waals surface area contributed by atoms with Crippen molar-refractivity contribution in [2.75, 3.05) is 0 Å². The van der Waals surface area contributed by atoms with E-state index in [9.17, 15) is 9.90 Å². The average Bonchev–Trinajstić information content (AvgIpc) is 2.75. The Kier molecular flexibility index (Phi) is 5.61. The Labute approximate surface area is 169 Å². The van der Waals surface area contributed by atoms with Crippen LogP contribution >= 0.6 is 0 Å². The Balaban J connectivity index is 1.57. The molecule has 29 heavy (non-hydrogen) atoms. The van der Waals surface area contributed by atoms with Crippen LogP contribution in [-0.4, -0.2) is 11.2 Å². The zero-order chi connectivity index (χ0) is 20.1. The molecule has 0 spiro atoms. The Morgan fingerprint density at radius 3 is 2.28 bits per heavy atom. The van der Waals surface area contributed by atoms with Crippen molar-refractivity contribution in [3.05, 3.63) is 106 Å². The Hall–Kier alpha value is -3.53. The second kappa shape index (κ2) is 8.65. The molecule has 0 saturated carbocycles. The fraction of sp³-hybridized carbons (Fsp3) is 0.160. The smallest absolute Gasteiger partial charge is 0.343 e. The van der Waals surface area contributed by atoms with Crippen molar-refractivity contribution in [3.63, 3.8) is 0 Å². The van der Waals surface area contributed by atoms with Gasteiger partial charge in [-0.1, -0.05) is 60.7 Å². The third kappa shape index (κ3) is 4.49. The molecule has 0 aliphatic rings. The quantitative estimate of drug-likeness (QED) is 0.448. The van der Waals surface area contributed by atoms with Gasteiger partial charge in [-0.25, -0.2) is 4.79 Å². The number of ether oxygens (including phenoxy) is 1. The van der Waals surface area contributed by atoms with Crippen LogP contribution in [0.1, 0.15) is 17.5 Å². The van der Waals surface area contributed by atoms with Gasteiger partial charge in [0.05, 0.1) is 10.9 Å². The van der Waals surface area contributed by atoms with Gasteiger partial charge in [0.25, 0.3) is 0 Å². The van der Waals surface area contributed by atoms with Crippen molar-refractivity contribution in [1.82, 2.24) is 0 Å². The van der Waals surface area contributed by atoms with Gasteiger partial charge in [0.15, 0.2) is 0 Å². The zero-order valence-corrected chi connectivity index (χ0v) is 16.0. The lowest BCUT2D eigenvalue weighted by Crippen LogP contribution is -2.22. The normalized spacial score (nSPS) is 12.0. The average molecular weight is 386 g/mol. The van der Waals surface area contributed by atoms with E-state index in [-0.39, 0.29) is 11.9 Å². The first-order valence-corrected chi connectivity index (χ1v) is 9.70. The summed E-state index contributed by atoms with van der Waals surface area (Å²) in [7, 11) is 0. The topological polar surface area (TPSA) is 59.7 Å². The summed E-state index contributed by atoms with van der Waals surface area (Å²) in [4.78, 5) is 12.4. The van der Waals surface area contributed by atoms with Crippen molar-refractivity contribution in [1.29, 1.82) is 0 Å². The SMILES string of the molecule is O=c1oc2ccccc2c(O)c1CCC(Cc1ccccc1)Oc1ccccc1. The Bertz CT molecular complexity index is 1090. The first kappa shape index (κ1) is 18.8. The number of rotatable bonds is 7. The van der Waals surface area contributed by atoms with Gasteiger partial charge in [0.1, 0.15) is 23.2 Å². The van der Waals surface area contributed by atoms with E-state index in [0.717, 1.165) is 11.3 Å². The van der Waals surface area contributed by atoms with Crippen LogP contribution in [0.5, 0.6) is 11.5 Å². The van der Waals surface area contributed by atoms with Gasteiger partial charge in [-0.3, -0.25) is 0 Å². The first-order chi connectivity index (χ1) is 14.2. The van der Waals surface area contributed by atoms with Gasteiger partial charge in [0.2, 0.25) is 0 Å². The molecule has 1 atom stereocenters. The van der Waals surface area contributed by atoms with Crippen molar-refractivity contribution in [3.8, 4) is 11.5 Å². The number of hydrogen-bond donors (Lipinski definition) is 1. The molecule has 0 aliphatic heterocycles. The lowest BCUT2D eigenvalue weighted by atomic mass is 10.0. The van der Waals surface area contributed by atoms with E-state index in [1.54, 1.807) is 18.2 Å². The van der Waals surface area contributed by atoms with Crippen LogP contribution in [0, 0.1) is 0 Å². The molecule has 1 heterocycles. The molecule has 4 heteroatoms. The molecule has 0 fully saturated rings. The van der Waals surface area contributed by atoms with Gasteiger partial charge < -0.3 is 14.3 Å². The van der Waals surface area contributed by atoms with Gasteiger partial charge >= 0.3 is 5.63 Å². The summed E-state index contributed by atoms with van der Waals surface area (Å²) in [5.74, 6) is 0.776. The second-order valence-corrected chi connectivity index (χ2v) is 6.99. The third-order valence-corrected chi connectivity index (χ3v) is 4.95. The highest BCUT2D eigenvalue weighted by molar-refractivity contribution is 5.83. The van der Waals surface area contributed by atoms with E-state index < -0.39 is 5.63 Å². The number of benzene rings is 3. The highest BCUT2D eigenvalue weighted by atomic mass is 16.5. The molecule has 4 rings (SSSR count). The maximum Gasteiger partial charge on any atom is 0.343 e. The van der Waals surface area contributed by atoms with Gasteiger partial charge in [-0.05, 0) is 42.7 Å². The summed E-state index contributed by atoms with van der Waals surface area (Å²) < 4.78 is 11.6. The maximum absolute atomic E-state index is 12.4. The molecule has 0 radical (unpaired) electrons. The Morgan fingerprint density at radius 1 is 0.862 bits per heavy atom. The summed E-state index contributed by atoms with van der Waals surface area (Å²) in [6, 6.07) is 26.7. The lowest BCUT2D eigenvalue weighted by molar-refractivity contribution is 0.191. The van der Waals surface area contributed by atoms with Crippen molar-refractivity contribution in [2.45, 2.75) is 25.4 Å². The minimum Gasteiger partial charge on any atom is -0.507 e. The molecule has 0 bridgehead atoms. The fourth-order valence-electron chi connectivity index (χ4n) is 3.47. The second-order valence-electron chi connectivity index (χ2n) is 6.99. The number of fused-ring (bicyclic) bond motifs is 1. The lowest BCUT2D eigenvalue weighted by Gasteiger charge is -2.19. The summed E-state index contributed by atoms with van der Waals surface area (Å²) in [6.07, 6.45) is 1.49. The van der Waals surface area contributed by atoms with E-state index in [2.05, 4.69) is 12.1 Å². The van der Waals surface area contributed by atoms with Crippen molar-refractivity contribution < 1.29 is 14.3 Å². The van der Waals surface area contributed by atoms with E-state index in [4.69, 9.17) is 9.15 Å². The Morgan fingerprint density at radius 2 is 1.52 bits per heavy atom. The molecular weight excluding hydrogens is 364 g/mol. The highest BCUT2D eigenvalue weighted by Crippen LogP contribution is 2.27. The van der Waals surface area contributed by atoms with Crippen LogP contribution in [0.3, 0.4) is 0 Å². The van der Waals surface area contributed by atoms with Crippen LogP contribution < -0.4 is 10.4 Å². The molecular formula is C25H22O4. The minimum atomic E-state index is -0.501. The highest BCUT2D eigenvalue weighted by Gasteiger charge is 2.18. The van der Waals surface area contributed by atoms with E-state index in [0.29, 0.717) is 35.8 Å². The molecule has 4 nitrogen and oxygen atoms in total. The minimum absolute atomic E-state index is 0.00461. The van der Waals surface area contributed by atoms with Crippen LogP contribution in [0.15, 0.2) is 94.1 Å². The van der Waals surface area contributed by atoms with Gasteiger partial charge in [-0.2, -0.15) is 0 Å². The number of hydrogen-bond acceptors (Lipinski definition) is 4. The van der Waals surface area contributed by atoms with Crippen LogP contribution in [-0.2, 0) is 12.8 Å². The monoisotopic (exact) mass is 386 g/mol. The van der Waals surface area contributed by atoms with Crippen molar-refractivity contribution >= 4 is 11.0 Å². The summed E-state index contributed by atoms with van der Waals surface area (Å²) in [6.45, 7) is 0. The predicted molar refractivity (Wildman–Crippen MR) is 113 cm³/mol. The molecule has 0 amide bonds. The summed E-state index contributed by atoms with van der Waals surface area (Å²) in [5.41, 5.74) is 1.33. The molecule has 146 valence electrons. The largest absolute Gasteiger partial charge is 0.507 e. The molecule has 0 saturated heterocycles. The van der Waals surface area contributed by atoms with E-state index >= 15 is 0 Å². The molecule has 4 aromatic rings. The summed E-state index contributed by atoms with van der Waals surface area (Å²) in [5, 5.41) is 11.2. The van der Waals surface area contributed by atoms with Crippen LogP contribution in [0.4, 0.5) is 0 Å². The third-order valence-electron chi connectivity index (χ3n) is 4.95. The first-order valence-electron chi connectivity index (χ1n) is 9.70. The predicted octanol–water partition coefficient (Wildman–Crippen LogP) is 5.12. The number of para-hydroxylation sites is 2. The standard InChI is InChI=1S/C25H22O4/c26-24-21-13-7-8-14-23(21)29-25(27)22(24)16-15-20(17-18-9-3-1-4-10-18)28-19-11-5-2-6-12-19/h1-14,20,26H,15-17H2. The molecule has 3 aromatic carbocycles. The fourth-order valence-corrected chi connectivity index (χ4v) is 3.47. The van der Waals surface area contributed by atoms with E-state index in [1.165, 1.54) is 0 Å². The molecule has 1 N–H and O–H groups in total. The molecule has 0 aliphatic carbocycles. The van der Waals surface area contributed by atoms with E-state index in [1.807, 2.05) is 54.6 Å². The molecule has 1 unspecified atom stereocenters. The maximum atomic E-state index is 12.4. The number of aromatic hydroxyl groups is 1. The van der Waals surface area contributed by atoms with Gasteiger partial charge in [-0.15, -0.1) is 0 Å². The zero-order valence-electron chi connectivity index (χ0n) is 16.0. The van der Waals surface area contributed by atoms with Crippen molar-refractivity contribution in [2.24, 2.45) is 0 Å². The van der Waals surface area contributed by atoms with Crippen LogP contribution in [0.2, 0.25) is 0 Å².